The summed E-state index contributed by atoms with van der Waals surface area (Å²) in [6.45, 7) is 4.79. The van der Waals surface area contributed by atoms with Gasteiger partial charge in [-0.2, -0.15) is 4.98 Å². The Labute approximate surface area is 112 Å². The molecular formula is C14H19N3O2. The Morgan fingerprint density at radius 1 is 1.37 bits per heavy atom. The monoisotopic (exact) mass is 261 g/mol. The molecule has 5 nitrogen and oxygen atoms in total. The molecule has 1 saturated heterocycles. The lowest BCUT2D eigenvalue weighted by atomic mass is 10.2. The van der Waals surface area contributed by atoms with E-state index in [4.69, 9.17) is 9.47 Å². The Balaban J connectivity index is 1.87. The molecule has 0 spiro atoms. The van der Waals surface area contributed by atoms with E-state index in [0.717, 1.165) is 24.8 Å². The Morgan fingerprint density at radius 3 is 3.00 bits per heavy atom. The topological polar surface area (TPSA) is 49.2 Å². The summed E-state index contributed by atoms with van der Waals surface area (Å²) in [4.78, 5) is 4.42. The number of aromatic nitrogens is 3. The van der Waals surface area contributed by atoms with Crippen molar-refractivity contribution in [2.24, 2.45) is 0 Å². The lowest BCUT2D eigenvalue weighted by Gasteiger charge is -2.22. The summed E-state index contributed by atoms with van der Waals surface area (Å²) >= 11 is 0. The number of fused-ring (bicyclic) bond motifs is 1. The molecule has 3 rings (SSSR count). The highest BCUT2D eigenvalue weighted by atomic mass is 16.5. The average molecular weight is 261 g/mol. The Bertz CT molecular complexity index is 559. The van der Waals surface area contributed by atoms with Crippen LogP contribution in [0.4, 0.5) is 0 Å². The molecule has 5 heteroatoms. The van der Waals surface area contributed by atoms with Crippen LogP contribution in [0.1, 0.15) is 39.3 Å². The Hall–Kier alpha value is -1.62. The van der Waals surface area contributed by atoms with E-state index in [1.807, 2.05) is 36.9 Å². The largest absolute Gasteiger partial charge is 0.475 e. The maximum absolute atomic E-state index is 5.73. The first-order valence-electron chi connectivity index (χ1n) is 6.86. The average Bonchev–Trinajstić information content (AvgIpc) is 2.82. The van der Waals surface area contributed by atoms with Crippen molar-refractivity contribution in [3.8, 4) is 5.88 Å². The molecule has 1 aliphatic heterocycles. The van der Waals surface area contributed by atoms with Crippen molar-refractivity contribution in [2.45, 2.75) is 45.4 Å². The van der Waals surface area contributed by atoms with Crippen LogP contribution in [0, 0.1) is 0 Å². The predicted molar refractivity (Wildman–Crippen MR) is 72.1 cm³/mol. The highest BCUT2D eigenvalue weighted by molar-refractivity contribution is 5.74. The van der Waals surface area contributed by atoms with Gasteiger partial charge in [-0.3, -0.25) is 0 Å². The third kappa shape index (κ3) is 2.71. The van der Waals surface area contributed by atoms with Crippen molar-refractivity contribution >= 4 is 11.0 Å². The maximum atomic E-state index is 5.73. The SMILES string of the molecule is CC(C)Oc1ccc2cn(C3CCCCO3)nc2n1. The van der Waals surface area contributed by atoms with E-state index in [1.165, 1.54) is 6.42 Å². The van der Waals surface area contributed by atoms with Gasteiger partial charge < -0.3 is 9.47 Å². The second kappa shape index (κ2) is 5.17. The van der Waals surface area contributed by atoms with Gasteiger partial charge in [0.05, 0.1) is 6.10 Å². The van der Waals surface area contributed by atoms with Crippen LogP contribution in [0.5, 0.6) is 5.88 Å². The van der Waals surface area contributed by atoms with Crippen molar-refractivity contribution in [2.75, 3.05) is 6.61 Å². The van der Waals surface area contributed by atoms with Gasteiger partial charge in [-0.05, 0) is 39.2 Å². The summed E-state index contributed by atoms with van der Waals surface area (Å²) < 4.78 is 13.2. The van der Waals surface area contributed by atoms with Gasteiger partial charge in [0.1, 0.15) is 6.23 Å². The first kappa shape index (κ1) is 12.4. The first-order valence-corrected chi connectivity index (χ1v) is 6.86. The van der Waals surface area contributed by atoms with Gasteiger partial charge in [0.15, 0.2) is 5.65 Å². The van der Waals surface area contributed by atoms with Crippen LogP contribution in [-0.2, 0) is 4.74 Å². The molecule has 19 heavy (non-hydrogen) atoms. The minimum atomic E-state index is 0.0532. The molecular weight excluding hydrogens is 242 g/mol. The van der Waals surface area contributed by atoms with Gasteiger partial charge in [0.2, 0.25) is 5.88 Å². The lowest BCUT2D eigenvalue weighted by Crippen LogP contribution is -2.18. The minimum Gasteiger partial charge on any atom is -0.475 e. The third-order valence-corrected chi connectivity index (χ3v) is 3.17. The summed E-state index contributed by atoms with van der Waals surface area (Å²) in [7, 11) is 0. The van der Waals surface area contributed by atoms with Gasteiger partial charge in [-0.15, -0.1) is 5.10 Å². The second-order valence-corrected chi connectivity index (χ2v) is 5.16. The van der Waals surface area contributed by atoms with Crippen LogP contribution in [0.2, 0.25) is 0 Å². The molecule has 0 amide bonds. The molecule has 0 radical (unpaired) electrons. The van der Waals surface area contributed by atoms with Crippen LogP contribution in [0.15, 0.2) is 18.3 Å². The quantitative estimate of drug-likeness (QED) is 0.852. The van der Waals surface area contributed by atoms with Crippen LogP contribution < -0.4 is 4.74 Å². The molecule has 0 saturated carbocycles. The highest BCUT2D eigenvalue weighted by Gasteiger charge is 2.17. The van der Waals surface area contributed by atoms with Crippen LogP contribution >= 0.6 is 0 Å². The van der Waals surface area contributed by atoms with Gasteiger partial charge in [0, 0.05) is 24.3 Å². The number of nitrogens with zero attached hydrogens (tertiary/aromatic N) is 3. The van der Waals surface area contributed by atoms with Crippen molar-refractivity contribution in [1.82, 2.24) is 14.8 Å². The molecule has 3 heterocycles. The van der Waals surface area contributed by atoms with E-state index in [0.29, 0.717) is 11.5 Å². The van der Waals surface area contributed by atoms with E-state index in [2.05, 4.69) is 10.1 Å². The molecule has 102 valence electrons. The Kier molecular flexibility index (Phi) is 3.38. The fourth-order valence-electron chi connectivity index (χ4n) is 2.29. The van der Waals surface area contributed by atoms with Crippen LogP contribution in [-0.4, -0.2) is 27.5 Å². The fraction of sp³-hybridized carbons (Fsp3) is 0.571. The molecule has 2 aromatic rings. The van der Waals surface area contributed by atoms with E-state index in [1.54, 1.807) is 0 Å². The van der Waals surface area contributed by atoms with Gasteiger partial charge >= 0.3 is 0 Å². The second-order valence-electron chi connectivity index (χ2n) is 5.16. The van der Waals surface area contributed by atoms with Gasteiger partial charge in [0.25, 0.3) is 0 Å². The normalized spacial score (nSPS) is 20.1. The van der Waals surface area contributed by atoms with E-state index in [9.17, 15) is 0 Å². The molecule has 0 aliphatic carbocycles. The zero-order valence-electron chi connectivity index (χ0n) is 11.4. The fourth-order valence-corrected chi connectivity index (χ4v) is 2.29. The minimum absolute atomic E-state index is 0.0532. The molecule has 0 N–H and O–H groups in total. The van der Waals surface area contributed by atoms with Crippen molar-refractivity contribution in [1.29, 1.82) is 0 Å². The summed E-state index contributed by atoms with van der Waals surface area (Å²) in [6, 6.07) is 3.88. The summed E-state index contributed by atoms with van der Waals surface area (Å²) in [5.41, 5.74) is 0.715. The van der Waals surface area contributed by atoms with Gasteiger partial charge in [-0.25, -0.2) is 4.68 Å². The van der Waals surface area contributed by atoms with Crippen molar-refractivity contribution in [3.63, 3.8) is 0 Å². The Morgan fingerprint density at radius 2 is 2.26 bits per heavy atom. The summed E-state index contributed by atoms with van der Waals surface area (Å²) in [5.74, 6) is 0.623. The third-order valence-electron chi connectivity index (χ3n) is 3.17. The molecule has 1 atom stereocenters. The lowest BCUT2D eigenvalue weighted by molar-refractivity contribution is -0.0391. The van der Waals surface area contributed by atoms with E-state index in [-0.39, 0.29) is 12.3 Å². The molecule has 1 aliphatic rings. The molecule has 1 unspecified atom stereocenters. The highest BCUT2D eigenvalue weighted by Crippen LogP contribution is 2.24. The maximum Gasteiger partial charge on any atom is 0.215 e. The smallest absolute Gasteiger partial charge is 0.215 e. The number of ether oxygens (including phenoxy) is 2. The standard InChI is InChI=1S/C14H19N3O2/c1-10(2)19-12-7-6-11-9-17(16-14(11)15-12)13-5-3-4-8-18-13/h6-7,9-10,13H,3-5,8H2,1-2H3. The van der Waals surface area contributed by atoms with Crippen molar-refractivity contribution < 1.29 is 9.47 Å². The molecule has 0 bridgehead atoms. The molecule has 0 aromatic carbocycles. The number of hydrogen-bond donors (Lipinski definition) is 0. The van der Waals surface area contributed by atoms with E-state index < -0.39 is 0 Å². The van der Waals surface area contributed by atoms with E-state index >= 15 is 0 Å². The van der Waals surface area contributed by atoms with Crippen molar-refractivity contribution in [3.05, 3.63) is 18.3 Å². The predicted octanol–water partition coefficient (Wildman–Crippen LogP) is 2.92. The number of pyridine rings is 1. The van der Waals surface area contributed by atoms with Crippen LogP contribution in [0.25, 0.3) is 11.0 Å². The van der Waals surface area contributed by atoms with Gasteiger partial charge in [-0.1, -0.05) is 0 Å². The zero-order chi connectivity index (χ0) is 13.2. The summed E-state index contributed by atoms with van der Waals surface area (Å²) in [5, 5.41) is 5.52. The molecule has 1 fully saturated rings. The molecule has 2 aromatic heterocycles. The first-order chi connectivity index (χ1) is 9.22. The van der Waals surface area contributed by atoms with Crippen LogP contribution in [0.3, 0.4) is 0 Å². The zero-order valence-corrected chi connectivity index (χ0v) is 11.4. The number of rotatable bonds is 3. The number of hydrogen-bond acceptors (Lipinski definition) is 4. The summed E-state index contributed by atoms with van der Waals surface area (Å²) in [6.07, 6.45) is 5.52.